The van der Waals surface area contributed by atoms with Gasteiger partial charge in [-0.2, -0.15) is 0 Å². The van der Waals surface area contributed by atoms with Gasteiger partial charge >= 0.3 is 0 Å². The van der Waals surface area contributed by atoms with Crippen LogP contribution < -0.4 is 10.1 Å². The molecule has 1 aromatic carbocycles. The number of aryl methyl sites for hydroxylation is 2. The van der Waals surface area contributed by atoms with Crippen molar-refractivity contribution in [1.82, 2.24) is 14.4 Å². The number of rotatable bonds is 4. The van der Waals surface area contributed by atoms with Gasteiger partial charge in [-0.3, -0.25) is 4.40 Å². The molecule has 0 radical (unpaired) electrons. The number of phenols is 1. The van der Waals surface area contributed by atoms with Crippen LogP contribution in [0.2, 0.25) is 0 Å². The quantitative estimate of drug-likeness (QED) is 0.740. The van der Waals surface area contributed by atoms with Crippen molar-refractivity contribution in [2.45, 2.75) is 45.6 Å². The van der Waals surface area contributed by atoms with Gasteiger partial charge in [0.1, 0.15) is 11.5 Å². The summed E-state index contributed by atoms with van der Waals surface area (Å²) >= 11 is 0. The van der Waals surface area contributed by atoms with E-state index in [4.69, 9.17) is 9.72 Å². The number of fused-ring (bicyclic) bond motifs is 1. The number of aromatic hydroxyl groups is 1. The summed E-state index contributed by atoms with van der Waals surface area (Å²) in [4.78, 5) is 9.41. The Hall–Kier alpha value is -2.76. The minimum absolute atomic E-state index is 0.121. The smallest absolute Gasteiger partial charge is 0.236 e. The number of ether oxygens (including phenoxy) is 1. The van der Waals surface area contributed by atoms with E-state index in [-0.39, 0.29) is 5.75 Å². The summed E-state index contributed by atoms with van der Waals surface area (Å²) < 4.78 is 7.36. The zero-order chi connectivity index (χ0) is 18.3. The molecule has 2 N–H and O–H groups in total. The van der Waals surface area contributed by atoms with Gasteiger partial charge in [-0.25, -0.2) is 9.97 Å². The van der Waals surface area contributed by atoms with E-state index in [0.29, 0.717) is 17.6 Å². The summed E-state index contributed by atoms with van der Waals surface area (Å²) in [5, 5.41) is 13.6. The molecule has 0 saturated heterocycles. The fourth-order valence-electron chi connectivity index (χ4n) is 3.80. The minimum Gasteiger partial charge on any atom is -0.504 e. The molecule has 2 heterocycles. The van der Waals surface area contributed by atoms with Crippen molar-refractivity contribution in [2.24, 2.45) is 0 Å². The highest BCUT2D eigenvalue weighted by atomic mass is 16.5. The predicted molar refractivity (Wildman–Crippen MR) is 102 cm³/mol. The molecule has 136 valence electrons. The Morgan fingerprint density at radius 3 is 2.65 bits per heavy atom. The van der Waals surface area contributed by atoms with Crippen molar-refractivity contribution in [1.29, 1.82) is 0 Å². The Morgan fingerprint density at radius 1 is 1.15 bits per heavy atom. The van der Waals surface area contributed by atoms with E-state index >= 15 is 0 Å². The normalized spacial score (nSPS) is 14.9. The molecule has 1 fully saturated rings. The lowest BCUT2D eigenvalue weighted by molar-refractivity contribution is 0.373. The maximum atomic E-state index is 9.92. The topological polar surface area (TPSA) is 71.7 Å². The number of hydrogen-bond acceptors (Lipinski definition) is 5. The lowest BCUT2D eigenvalue weighted by atomic mass is 10.1. The lowest BCUT2D eigenvalue weighted by Crippen LogP contribution is -2.17. The highest BCUT2D eigenvalue weighted by molar-refractivity contribution is 5.77. The maximum Gasteiger partial charge on any atom is 0.236 e. The second-order valence-corrected chi connectivity index (χ2v) is 7.00. The van der Waals surface area contributed by atoms with Gasteiger partial charge < -0.3 is 15.2 Å². The number of imidazole rings is 1. The van der Waals surface area contributed by atoms with E-state index in [2.05, 4.69) is 27.7 Å². The first-order valence-corrected chi connectivity index (χ1v) is 9.07. The molecule has 0 atom stereocenters. The van der Waals surface area contributed by atoms with Crippen molar-refractivity contribution in [3.8, 4) is 22.8 Å². The largest absolute Gasteiger partial charge is 0.504 e. The Bertz CT molecular complexity index is 958. The number of methoxy groups -OCH3 is 1. The van der Waals surface area contributed by atoms with Gasteiger partial charge in [0.15, 0.2) is 11.5 Å². The highest BCUT2D eigenvalue weighted by Crippen LogP contribution is 2.36. The average molecular weight is 352 g/mol. The minimum atomic E-state index is 0.121. The second kappa shape index (κ2) is 6.52. The number of benzene rings is 1. The van der Waals surface area contributed by atoms with Gasteiger partial charge in [-0.15, -0.1) is 0 Å². The molecule has 6 heteroatoms. The molecule has 0 bridgehead atoms. The molecular formula is C20H24N4O2. The lowest BCUT2D eigenvalue weighted by Gasteiger charge is -2.16. The summed E-state index contributed by atoms with van der Waals surface area (Å²) in [6.45, 7) is 4.05. The van der Waals surface area contributed by atoms with Crippen LogP contribution in [0, 0.1) is 13.8 Å². The predicted octanol–water partition coefficient (Wildman–Crippen LogP) is 4.08. The fourth-order valence-corrected chi connectivity index (χ4v) is 3.80. The zero-order valence-corrected chi connectivity index (χ0v) is 15.4. The number of aromatic nitrogens is 3. The van der Waals surface area contributed by atoms with Gasteiger partial charge in [0.05, 0.1) is 7.11 Å². The first kappa shape index (κ1) is 16.7. The molecule has 4 rings (SSSR count). The van der Waals surface area contributed by atoms with Crippen LogP contribution in [0.25, 0.3) is 17.0 Å². The molecule has 6 nitrogen and oxygen atoms in total. The first-order chi connectivity index (χ1) is 12.6. The standard InChI is InChI=1S/C20H24N4O2/c1-12-10-13(2)24-19(22-15-6-4-5-7-15)18(23-20(24)21-12)14-8-9-16(25)17(11-14)26-3/h8-11,15,22,25H,4-7H2,1-3H3. The monoisotopic (exact) mass is 352 g/mol. The third-order valence-electron chi connectivity index (χ3n) is 5.06. The third kappa shape index (κ3) is 2.85. The Balaban J connectivity index is 1.91. The zero-order valence-electron chi connectivity index (χ0n) is 15.4. The molecule has 1 aliphatic carbocycles. The van der Waals surface area contributed by atoms with Crippen LogP contribution in [0.1, 0.15) is 37.1 Å². The third-order valence-corrected chi connectivity index (χ3v) is 5.06. The van der Waals surface area contributed by atoms with E-state index in [0.717, 1.165) is 28.5 Å². The average Bonchev–Trinajstić information content (AvgIpc) is 3.24. The number of hydrogen-bond donors (Lipinski definition) is 2. The first-order valence-electron chi connectivity index (χ1n) is 9.07. The van der Waals surface area contributed by atoms with Gasteiger partial charge in [-0.05, 0) is 51.0 Å². The van der Waals surface area contributed by atoms with E-state index in [1.54, 1.807) is 13.2 Å². The molecule has 1 aliphatic rings. The van der Waals surface area contributed by atoms with Crippen LogP contribution in [0.5, 0.6) is 11.5 Å². The Labute approximate surface area is 152 Å². The maximum absolute atomic E-state index is 9.92. The fraction of sp³-hybridized carbons (Fsp3) is 0.400. The van der Waals surface area contributed by atoms with Crippen LogP contribution in [0.3, 0.4) is 0 Å². The van der Waals surface area contributed by atoms with Crippen LogP contribution >= 0.6 is 0 Å². The van der Waals surface area contributed by atoms with Crippen LogP contribution in [-0.4, -0.2) is 32.6 Å². The van der Waals surface area contributed by atoms with E-state index < -0.39 is 0 Å². The van der Waals surface area contributed by atoms with E-state index in [1.165, 1.54) is 25.7 Å². The number of anilines is 1. The summed E-state index contributed by atoms with van der Waals surface area (Å²) in [7, 11) is 1.55. The van der Waals surface area contributed by atoms with Crippen LogP contribution in [0.4, 0.5) is 5.82 Å². The van der Waals surface area contributed by atoms with Gasteiger partial charge in [0, 0.05) is 23.0 Å². The summed E-state index contributed by atoms with van der Waals surface area (Å²) in [5.41, 5.74) is 3.76. The van der Waals surface area contributed by atoms with Crippen LogP contribution in [-0.2, 0) is 0 Å². The summed E-state index contributed by atoms with van der Waals surface area (Å²) in [6.07, 6.45) is 4.86. The number of nitrogens with one attached hydrogen (secondary N) is 1. The van der Waals surface area contributed by atoms with Gasteiger partial charge in [0.25, 0.3) is 0 Å². The molecule has 0 unspecified atom stereocenters. The number of nitrogens with zero attached hydrogens (tertiary/aromatic N) is 3. The number of phenolic OH excluding ortho intramolecular Hbond substituents is 1. The molecule has 3 aromatic rings. The van der Waals surface area contributed by atoms with Crippen molar-refractivity contribution >= 4 is 11.6 Å². The summed E-state index contributed by atoms with van der Waals surface area (Å²) in [5.74, 6) is 2.21. The highest BCUT2D eigenvalue weighted by Gasteiger charge is 2.22. The molecule has 1 saturated carbocycles. The molecule has 0 amide bonds. The van der Waals surface area contributed by atoms with E-state index in [1.807, 2.05) is 19.1 Å². The molecule has 26 heavy (non-hydrogen) atoms. The summed E-state index contributed by atoms with van der Waals surface area (Å²) in [6, 6.07) is 7.84. The SMILES string of the molecule is COc1cc(-c2nc3nc(C)cc(C)n3c2NC2CCCC2)ccc1O. The molecule has 2 aromatic heterocycles. The Morgan fingerprint density at radius 2 is 1.92 bits per heavy atom. The van der Waals surface area contributed by atoms with Crippen molar-refractivity contribution < 1.29 is 9.84 Å². The molecular weight excluding hydrogens is 328 g/mol. The second-order valence-electron chi connectivity index (χ2n) is 7.00. The van der Waals surface area contributed by atoms with Crippen LogP contribution in [0.15, 0.2) is 24.3 Å². The molecule has 0 aliphatic heterocycles. The van der Waals surface area contributed by atoms with Crippen molar-refractivity contribution in [3.05, 3.63) is 35.7 Å². The van der Waals surface area contributed by atoms with Gasteiger partial charge in [-0.1, -0.05) is 12.8 Å². The van der Waals surface area contributed by atoms with E-state index in [9.17, 15) is 5.11 Å². The van der Waals surface area contributed by atoms with Crippen molar-refractivity contribution in [3.63, 3.8) is 0 Å². The molecule has 0 spiro atoms. The van der Waals surface area contributed by atoms with Gasteiger partial charge in [0.2, 0.25) is 5.78 Å². The Kier molecular flexibility index (Phi) is 4.18. The van der Waals surface area contributed by atoms with Crippen molar-refractivity contribution in [2.75, 3.05) is 12.4 Å².